The molecule has 23 heavy (non-hydrogen) atoms. The van der Waals surface area contributed by atoms with Crippen LogP contribution in [0.15, 0.2) is 22.8 Å². The van der Waals surface area contributed by atoms with Crippen molar-refractivity contribution >= 4 is 22.8 Å². The van der Waals surface area contributed by atoms with Crippen LogP contribution in [0.5, 0.6) is 0 Å². The number of carbonyl (C=O) groups excluding carboxylic acids is 1. The van der Waals surface area contributed by atoms with Crippen molar-refractivity contribution in [2.75, 3.05) is 6.54 Å². The molecule has 0 spiro atoms. The number of carboxylic acid groups (broad SMARTS) is 1. The zero-order valence-electron chi connectivity index (χ0n) is 13.6. The van der Waals surface area contributed by atoms with Gasteiger partial charge in [-0.2, -0.15) is 0 Å². The molecule has 2 atom stereocenters. The van der Waals surface area contributed by atoms with E-state index >= 15 is 0 Å². The maximum atomic E-state index is 12.9. The van der Waals surface area contributed by atoms with E-state index in [2.05, 4.69) is 0 Å². The number of amides is 1. The van der Waals surface area contributed by atoms with Crippen LogP contribution in [-0.2, 0) is 4.79 Å². The van der Waals surface area contributed by atoms with E-state index < -0.39 is 11.9 Å². The Labute approximate surface area is 134 Å². The van der Waals surface area contributed by atoms with Gasteiger partial charge >= 0.3 is 5.97 Å². The topological polar surface area (TPSA) is 70.8 Å². The lowest BCUT2D eigenvalue weighted by Crippen LogP contribution is -2.49. The predicted octanol–water partition coefficient (Wildman–Crippen LogP) is 3.37. The highest BCUT2D eigenvalue weighted by Gasteiger charge is 2.36. The van der Waals surface area contributed by atoms with Gasteiger partial charge < -0.3 is 14.4 Å². The van der Waals surface area contributed by atoms with Gasteiger partial charge in [0.2, 0.25) is 0 Å². The van der Waals surface area contributed by atoms with Crippen LogP contribution in [0.1, 0.15) is 41.3 Å². The summed E-state index contributed by atoms with van der Waals surface area (Å²) in [4.78, 5) is 25.9. The van der Waals surface area contributed by atoms with E-state index in [4.69, 9.17) is 4.42 Å². The molecule has 1 aliphatic rings. The van der Waals surface area contributed by atoms with Crippen LogP contribution in [0.25, 0.3) is 11.0 Å². The van der Waals surface area contributed by atoms with Gasteiger partial charge in [0.1, 0.15) is 11.8 Å². The number of hydrogen-bond donors (Lipinski definition) is 1. The average molecular weight is 315 g/mol. The SMILES string of the molecule is Cc1cc2occ(C(=O)N3CCC[C@@H](C(=O)O)[C@H]3C)c2cc1C. The summed E-state index contributed by atoms with van der Waals surface area (Å²) in [6, 6.07) is 3.58. The van der Waals surface area contributed by atoms with Gasteiger partial charge in [-0.3, -0.25) is 9.59 Å². The third kappa shape index (κ3) is 2.60. The molecule has 1 fully saturated rings. The first-order valence-electron chi connectivity index (χ1n) is 7.92. The number of hydrogen-bond acceptors (Lipinski definition) is 3. The first-order chi connectivity index (χ1) is 10.9. The van der Waals surface area contributed by atoms with Crippen LogP contribution >= 0.6 is 0 Å². The van der Waals surface area contributed by atoms with E-state index in [-0.39, 0.29) is 11.9 Å². The Kier molecular flexibility index (Phi) is 3.88. The first-order valence-corrected chi connectivity index (χ1v) is 7.92. The number of rotatable bonds is 2. The highest BCUT2D eigenvalue weighted by Crippen LogP contribution is 2.29. The number of aryl methyl sites for hydroxylation is 2. The lowest BCUT2D eigenvalue weighted by atomic mass is 9.89. The zero-order chi connectivity index (χ0) is 16.7. The number of aliphatic carboxylic acids is 1. The number of benzene rings is 1. The first kappa shape index (κ1) is 15.6. The quantitative estimate of drug-likeness (QED) is 0.922. The maximum Gasteiger partial charge on any atom is 0.308 e. The van der Waals surface area contributed by atoms with Crippen LogP contribution in [0.2, 0.25) is 0 Å². The molecule has 122 valence electrons. The van der Waals surface area contributed by atoms with Crippen LogP contribution in [0, 0.1) is 19.8 Å². The fourth-order valence-corrected chi connectivity index (χ4v) is 3.36. The van der Waals surface area contributed by atoms with Gasteiger partial charge in [-0.15, -0.1) is 0 Å². The number of carboxylic acids is 1. The molecule has 5 heteroatoms. The predicted molar refractivity (Wildman–Crippen MR) is 86.5 cm³/mol. The largest absolute Gasteiger partial charge is 0.481 e. The Morgan fingerprint density at radius 2 is 1.96 bits per heavy atom. The summed E-state index contributed by atoms with van der Waals surface area (Å²) in [6.07, 6.45) is 2.81. The molecule has 2 aromatic rings. The summed E-state index contributed by atoms with van der Waals surface area (Å²) in [5.74, 6) is -1.49. The van der Waals surface area contributed by atoms with Crippen molar-refractivity contribution in [3.05, 3.63) is 35.1 Å². The summed E-state index contributed by atoms with van der Waals surface area (Å²) in [5, 5.41) is 10.1. The smallest absolute Gasteiger partial charge is 0.308 e. The minimum absolute atomic E-state index is 0.148. The molecule has 0 unspecified atom stereocenters. The highest BCUT2D eigenvalue weighted by atomic mass is 16.4. The second kappa shape index (κ2) is 5.72. The van der Waals surface area contributed by atoms with Gasteiger partial charge in [-0.25, -0.2) is 0 Å². The molecular weight excluding hydrogens is 294 g/mol. The van der Waals surface area contributed by atoms with Crippen LogP contribution < -0.4 is 0 Å². The third-order valence-electron chi connectivity index (χ3n) is 4.99. The number of furan rings is 1. The van der Waals surface area contributed by atoms with Crippen LogP contribution in [0.3, 0.4) is 0 Å². The number of piperidine rings is 1. The summed E-state index contributed by atoms with van der Waals surface area (Å²) in [7, 11) is 0. The van der Waals surface area contributed by atoms with Crippen molar-refractivity contribution in [2.45, 2.75) is 39.7 Å². The summed E-state index contributed by atoms with van der Waals surface area (Å²) < 4.78 is 5.54. The Balaban J connectivity index is 1.97. The number of likely N-dealkylation sites (tertiary alicyclic amines) is 1. The number of carbonyl (C=O) groups is 2. The van der Waals surface area contributed by atoms with Crippen LogP contribution in [-0.4, -0.2) is 34.5 Å². The third-order valence-corrected chi connectivity index (χ3v) is 4.99. The minimum atomic E-state index is -0.835. The van der Waals surface area contributed by atoms with E-state index in [0.29, 0.717) is 30.5 Å². The number of nitrogens with zero attached hydrogens (tertiary/aromatic N) is 1. The summed E-state index contributed by atoms with van der Waals surface area (Å²) in [6.45, 7) is 6.40. The second-order valence-electron chi connectivity index (χ2n) is 6.41. The van der Waals surface area contributed by atoms with Crippen molar-refractivity contribution in [3.63, 3.8) is 0 Å². The summed E-state index contributed by atoms with van der Waals surface area (Å²) >= 11 is 0. The Bertz CT molecular complexity index is 777. The number of fused-ring (bicyclic) bond motifs is 1. The molecular formula is C18H21NO4. The van der Waals surface area contributed by atoms with E-state index in [1.165, 1.54) is 6.26 Å². The maximum absolute atomic E-state index is 12.9. The Hall–Kier alpha value is -2.30. The molecule has 2 heterocycles. The molecule has 0 radical (unpaired) electrons. The molecule has 5 nitrogen and oxygen atoms in total. The standard InChI is InChI=1S/C18H21NO4/c1-10-7-14-15(9-23-16(14)8-11(10)2)17(20)19-6-4-5-13(12(19)3)18(21)22/h7-9,12-13H,4-6H2,1-3H3,(H,21,22)/t12-,13-/m1/s1. The van der Waals surface area contributed by atoms with Crippen molar-refractivity contribution in [2.24, 2.45) is 5.92 Å². The molecule has 1 aliphatic heterocycles. The van der Waals surface area contributed by atoms with E-state index in [0.717, 1.165) is 16.5 Å². The van der Waals surface area contributed by atoms with Gasteiger partial charge in [-0.05, 0) is 56.9 Å². The molecule has 3 rings (SSSR count). The normalized spacial score (nSPS) is 21.6. The molecule has 1 N–H and O–H groups in total. The molecule has 1 aromatic carbocycles. The zero-order valence-corrected chi connectivity index (χ0v) is 13.6. The van der Waals surface area contributed by atoms with Gasteiger partial charge in [0.25, 0.3) is 5.91 Å². The van der Waals surface area contributed by atoms with Gasteiger partial charge in [0.05, 0.1) is 11.5 Å². The van der Waals surface area contributed by atoms with Crippen molar-refractivity contribution < 1.29 is 19.1 Å². The van der Waals surface area contributed by atoms with E-state index in [1.54, 1.807) is 4.90 Å². The summed E-state index contributed by atoms with van der Waals surface area (Å²) in [5.41, 5.74) is 3.42. The van der Waals surface area contributed by atoms with Gasteiger partial charge in [-0.1, -0.05) is 0 Å². The molecule has 0 saturated carbocycles. The molecule has 0 aliphatic carbocycles. The van der Waals surface area contributed by atoms with Crippen molar-refractivity contribution in [1.82, 2.24) is 4.90 Å². The monoisotopic (exact) mass is 315 g/mol. The lowest BCUT2D eigenvalue weighted by Gasteiger charge is -2.37. The average Bonchev–Trinajstić information content (AvgIpc) is 2.89. The lowest BCUT2D eigenvalue weighted by molar-refractivity contribution is -0.144. The Morgan fingerprint density at radius 3 is 2.65 bits per heavy atom. The highest BCUT2D eigenvalue weighted by molar-refractivity contribution is 6.06. The van der Waals surface area contributed by atoms with Crippen molar-refractivity contribution in [3.8, 4) is 0 Å². The molecule has 1 amide bonds. The fraction of sp³-hybridized carbons (Fsp3) is 0.444. The van der Waals surface area contributed by atoms with Gasteiger partial charge in [0.15, 0.2) is 0 Å². The Morgan fingerprint density at radius 1 is 1.26 bits per heavy atom. The van der Waals surface area contributed by atoms with Gasteiger partial charge in [0, 0.05) is 18.0 Å². The van der Waals surface area contributed by atoms with E-state index in [1.807, 2.05) is 32.9 Å². The van der Waals surface area contributed by atoms with E-state index in [9.17, 15) is 14.7 Å². The fourth-order valence-electron chi connectivity index (χ4n) is 3.36. The second-order valence-corrected chi connectivity index (χ2v) is 6.41. The van der Waals surface area contributed by atoms with Crippen LogP contribution in [0.4, 0.5) is 0 Å². The molecule has 1 aromatic heterocycles. The molecule has 0 bridgehead atoms. The molecule has 1 saturated heterocycles. The van der Waals surface area contributed by atoms with Crippen molar-refractivity contribution in [1.29, 1.82) is 0 Å². The minimum Gasteiger partial charge on any atom is -0.481 e.